The Balaban J connectivity index is 1.54. The van der Waals surface area contributed by atoms with E-state index in [1.54, 1.807) is 7.11 Å². The van der Waals surface area contributed by atoms with Crippen molar-refractivity contribution in [2.45, 2.75) is 12.8 Å². The first-order chi connectivity index (χ1) is 11.3. The van der Waals surface area contributed by atoms with Gasteiger partial charge >= 0.3 is 6.03 Å². The Morgan fingerprint density at radius 3 is 2.65 bits per heavy atom. The van der Waals surface area contributed by atoms with Crippen LogP contribution in [0.25, 0.3) is 0 Å². The number of likely N-dealkylation sites (tertiary alicyclic amines) is 1. The maximum Gasteiger partial charge on any atom is 0.321 e. The number of fused-ring (bicyclic) bond motifs is 1. The van der Waals surface area contributed by atoms with E-state index in [4.69, 9.17) is 9.47 Å². The molecule has 0 saturated carbocycles. The topological polar surface area (TPSA) is 50.8 Å². The van der Waals surface area contributed by atoms with Gasteiger partial charge in [0.25, 0.3) is 0 Å². The number of hydrogen-bond acceptors (Lipinski definition) is 3. The molecule has 1 aromatic carbocycles. The van der Waals surface area contributed by atoms with Crippen LogP contribution in [0.3, 0.4) is 0 Å². The fraction of sp³-hybridized carbons (Fsp3) is 0.500. The summed E-state index contributed by atoms with van der Waals surface area (Å²) in [7, 11) is 1.64. The van der Waals surface area contributed by atoms with Crippen LogP contribution in [-0.2, 0) is 4.74 Å². The SMILES string of the molecule is COCCOc1cccc(NC(=O)N2C[C@H]3CC=CC[C@H]3C2)c1. The summed E-state index contributed by atoms with van der Waals surface area (Å²) in [5.74, 6) is 1.98. The Morgan fingerprint density at radius 1 is 1.22 bits per heavy atom. The summed E-state index contributed by atoms with van der Waals surface area (Å²) in [4.78, 5) is 14.4. The number of benzene rings is 1. The monoisotopic (exact) mass is 316 g/mol. The summed E-state index contributed by atoms with van der Waals surface area (Å²) < 4.78 is 10.5. The van der Waals surface area contributed by atoms with Gasteiger partial charge in [-0.1, -0.05) is 18.2 Å². The van der Waals surface area contributed by atoms with E-state index in [0.717, 1.165) is 37.4 Å². The van der Waals surface area contributed by atoms with Crippen molar-refractivity contribution < 1.29 is 14.3 Å². The molecule has 0 radical (unpaired) electrons. The molecular weight excluding hydrogens is 292 g/mol. The predicted octanol–water partition coefficient (Wildman–Crippen LogP) is 3.14. The number of nitrogens with one attached hydrogen (secondary N) is 1. The maximum absolute atomic E-state index is 12.5. The predicted molar refractivity (Wildman–Crippen MR) is 89.8 cm³/mol. The molecule has 1 heterocycles. The van der Waals surface area contributed by atoms with Crippen LogP contribution >= 0.6 is 0 Å². The lowest BCUT2D eigenvalue weighted by Gasteiger charge is -2.17. The van der Waals surface area contributed by atoms with E-state index >= 15 is 0 Å². The lowest BCUT2D eigenvalue weighted by atomic mass is 9.86. The summed E-state index contributed by atoms with van der Waals surface area (Å²) in [5.41, 5.74) is 0.762. The van der Waals surface area contributed by atoms with Crippen molar-refractivity contribution in [3.8, 4) is 5.75 Å². The third-order valence-corrected chi connectivity index (χ3v) is 4.55. The van der Waals surface area contributed by atoms with Crippen molar-refractivity contribution in [3.63, 3.8) is 0 Å². The number of rotatable bonds is 5. The minimum atomic E-state index is -0.0200. The number of methoxy groups -OCH3 is 1. The molecular formula is C18H24N2O3. The lowest BCUT2D eigenvalue weighted by Crippen LogP contribution is -2.33. The molecule has 0 bridgehead atoms. The van der Waals surface area contributed by atoms with Gasteiger partial charge in [0.05, 0.1) is 6.61 Å². The maximum atomic E-state index is 12.5. The van der Waals surface area contributed by atoms with Gasteiger partial charge in [-0.25, -0.2) is 4.79 Å². The van der Waals surface area contributed by atoms with Gasteiger partial charge in [0.2, 0.25) is 0 Å². The summed E-state index contributed by atoms with van der Waals surface area (Å²) in [6, 6.07) is 7.46. The van der Waals surface area contributed by atoms with Gasteiger partial charge in [-0.2, -0.15) is 0 Å². The molecule has 2 amide bonds. The minimum Gasteiger partial charge on any atom is -0.491 e. The van der Waals surface area contributed by atoms with E-state index in [2.05, 4.69) is 17.5 Å². The van der Waals surface area contributed by atoms with Crippen LogP contribution in [0.15, 0.2) is 36.4 Å². The van der Waals surface area contributed by atoms with E-state index < -0.39 is 0 Å². The average Bonchev–Trinajstić information content (AvgIpc) is 3.00. The number of hydrogen-bond donors (Lipinski definition) is 1. The first kappa shape index (κ1) is 15.9. The van der Waals surface area contributed by atoms with Crippen LogP contribution in [0.4, 0.5) is 10.5 Å². The zero-order chi connectivity index (χ0) is 16.1. The van der Waals surface area contributed by atoms with Gasteiger partial charge in [-0.05, 0) is 36.8 Å². The molecule has 0 aromatic heterocycles. The van der Waals surface area contributed by atoms with Crippen molar-refractivity contribution in [3.05, 3.63) is 36.4 Å². The van der Waals surface area contributed by atoms with Gasteiger partial charge < -0.3 is 19.7 Å². The zero-order valence-corrected chi connectivity index (χ0v) is 13.5. The van der Waals surface area contributed by atoms with Crippen molar-refractivity contribution in [2.24, 2.45) is 11.8 Å². The van der Waals surface area contributed by atoms with Crippen LogP contribution in [0, 0.1) is 11.8 Å². The number of nitrogens with zero attached hydrogens (tertiary/aromatic N) is 1. The Hall–Kier alpha value is -2.01. The average molecular weight is 316 g/mol. The van der Waals surface area contributed by atoms with E-state index in [0.29, 0.717) is 25.0 Å². The molecule has 1 aliphatic heterocycles. The normalized spacial score (nSPS) is 22.7. The molecule has 3 rings (SSSR count). The van der Waals surface area contributed by atoms with Crippen molar-refractivity contribution in [1.82, 2.24) is 4.90 Å². The highest BCUT2D eigenvalue weighted by Gasteiger charge is 2.35. The van der Waals surface area contributed by atoms with Crippen LogP contribution in [-0.4, -0.2) is 44.3 Å². The number of urea groups is 1. The van der Waals surface area contributed by atoms with Gasteiger partial charge in [-0.15, -0.1) is 0 Å². The van der Waals surface area contributed by atoms with E-state index in [9.17, 15) is 4.79 Å². The number of carbonyl (C=O) groups is 1. The molecule has 1 N–H and O–H groups in total. The molecule has 1 saturated heterocycles. The van der Waals surface area contributed by atoms with Crippen LogP contribution in [0.5, 0.6) is 5.75 Å². The molecule has 0 unspecified atom stereocenters. The Bertz CT molecular complexity index is 557. The second kappa shape index (κ2) is 7.51. The van der Waals surface area contributed by atoms with Crippen molar-refractivity contribution in [1.29, 1.82) is 0 Å². The third kappa shape index (κ3) is 4.05. The highest BCUT2D eigenvalue weighted by Crippen LogP contribution is 2.33. The molecule has 5 nitrogen and oxygen atoms in total. The van der Waals surface area contributed by atoms with Gasteiger partial charge in [-0.3, -0.25) is 0 Å². The van der Waals surface area contributed by atoms with Crippen molar-refractivity contribution in [2.75, 3.05) is 38.7 Å². The van der Waals surface area contributed by atoms with Crippen LogP contribution in [0.2, 0.25) is 0 Å². The minimum absolute atomic E-state index is 0.0200. The van der Waals surface area contributed by atoms with E-state index in [1.165, 1.54) is 0 Å². The first-order valence-corrected chi connectivity index (χ1v) is 8.19. The summed E-state index contributed by atoms with van der Waals surface area (Å²) in [5, 5.41) is 2.98. The fourth-order valence-electron chi connectivity index (χ4n) is 3.29. The fourth-order valence-corrected chi connectivity index (χ4v) is 3.29. The molecule has 0 spiro atoms. The smallest absolute Gasteiger partial charge is 0.321 e. The van der Waals surface area contributed by atoms with Crippen molar-refractivity contribution >= 4 is 11.7 Å². The number of allylic oxidation sites excluding steroid dienone is 2. The third-order valence-electron chi connectivity index (χ3n) is 4.55. The molecule has 1 fully saturated rings. The van der Waals surface area contributed by atoms with E-state index in [1.807, 2.05) is 29.2 Å². The molecule has 2 atom stereocenters. The highest BCUT2D eigenvalue weighted by atomic mass is 16.5. The Kier molecular flexibility index (Phi) is 5.18. The largest absolute Gasteiger partial charge is 0.491 e. The zero-order valence-electron chi connectivity index (χ0n) is 13.5. The lowest BCUT2D eigenvalue weighted by molar-refractivity contribution is 0.146. The second-order valence-corrected chi connectivity index (χ2v) is 6.17. The number of carbonyl (C=O) groups excluding carboxylic acids is 1. The second-order valence-electron chi connectivity index (χ2n) is 6.17. The Labute approximate surface area is 137 Å². The Morgan fingerprint density at radius 2 is 1.96 bits per heavy atom. The van der Waals surface area contributed by atoms with E-state index in [-0.39, 0.29) is 6.03 Å². The number of ether oxygens (including phenoxy) is 2. The molecule has 2 aliphatic rings. The standard InChI is InChI=1S/C18H24N2O3/c1-22-9-10-23-17-8-4-7-16(11-17)19-18(21)20-12-14-5-2-3-6-15(14)13-20/h2-4,7-8,11,14-15H,5-6,9-10,12-13H2,1H3,(H,19,21)/t14-,15+. The summed E-state index contributed by atoms with van der Waals surface area (Å²) >= 11 is 0. The molecule has 23 heavy (non-hydrogen) atoms. The number of anilines is 1. The summed E-state index contributed by atoms with van der Waals surface area (Å²) in [6.45, 7) is 2.74. The quantitative estimate of drug-likeness (QED) is 0.670. The van der Waals surface area contributed by atoms with Gasteiger partial charge in [0.1, 0.15) is 12.4 Å². The van der Waals surface area contributed by atoms with Gasteiger partial charge in [0.15, 0.2) is 0 Å². The van der Waals surface area contributed by atoms with Crippen LogP contribution in [0.1, 0.15) is 12.8 Å². The number of amides is 2. The molecule has 124 valence electrons. The van der Waals surface area contributed by atoms with Crippen LogP contribution < -0.4 is 10.1 Å². The first-order valence-electron chi connectivity index (χ1n) is 8.19. The molecule has 1 aliphatic carbocycles. The highest BCUT2D eigenvalue weighted by molar-refractivity contribution is 5.89. The summed E-state index contributed by atoms with van der Waals surface area (Å²) in [6.07, 6.45) is 6.67. The molecule has 5 heteroatoms. The molecule has 1 aromatic rings. The van der Waals surface area contributed by atoms with Gasteiger partial charge in [0, 0.05) is 32.0 Å².